The van der Waals surface area contributed by atoms with Crippen molar-refractivity contribution in [2.45, 2.75) is 25.8 Å². The Morgan fingerprint density at radius 2 is 2.28 bits per heavy atom. The Morgan fingerprint density at radius 3 is 2.89 bits per heavy atom. The number of nitrogens with two attached hydrogens (primary N) is 1. The molecule has 18 heavy (non-hydrogen) atoms. The smallest absolute Gasteiger partial charge is 0.288 e. The zero-order chi connectivity index (χ0) is 13.3. The highest BCUT2D eigenvalue weighted by Crippen LogP contribution is 2.33. The third-order valence-electron chi connectivity index (χ3n) is 3.26. The molecule has 2 N–H and O–H groups in total. The van der Waals surface area contributed by atoms with Crippen molar-refractivity contribution in [2.24, 2.45) is 5.73 Å². The number of hydrogen-bond acceptors (Lipinski definition) is 4. The molecule has 0 amide bonds. The van der Waals surface area contributed by atoms with Crippen LogP contribution in [0.1, 0.15) is 18.4 Å². The molecule has 0 aromatic heterocycles. The van der Waals surface area contributed by atoms with Gasteiger partial charge in [0.2, 0.25) is 0 Å². The van der Waals surface area contributed by atoms with Crippen LogP contribution in [0.15, 0.2) is 12.1 Å². The molecule has 1 saturated heterocycles. The van der Waals surface area contributed by atoms with E-state index < -0.39 is 4.92 Å². The van der Waals surface area contributed by atoms with Gasteiger partial charge in [-0.05, 0) is 31.4 Å². The molecule has 98 valence electrons. The van der Waals surface area contributed by atoms with E-state index in [9.17, 15) is 10.1 Å². The van der Waals surface area contributed by atoms with Crippen LogP contribution < -0.4 is 10.6 Å². The van der Waals surface area contributed by atoms with E-state index in [2.05, 4.69) is 4.90 Å². The standard InChI is InChI=1S/C12H16ClN3O2/c1-8-5-12(16(17)18)10(13)6-11(8)15-4-2-3-9(14)7-15/h5-6,9H,2-4,7,14H2,1H3. The normalized spacial score (nSPS) is 19.9. The molecule has 1 aliphatic heterocycles. The second-order valence-corrected chi connectivity index (χ2v) is 5.10. The van der Waals surface area contributed by atoms with Crippen LogP contribution >= 0.6 is 11.6 Å². The molecule has 1 aromatic carbocycles. The zero-order valence-corrected chi connectivity index (χ0v) is 11.0. The number of rotatable bonds is 2. The molecule has 0 aliphatic carbocycles. The summed E-state index contributed by atoms with van der Waals surface area (Å²) in [7, 11) is 0. The molecule has 0 bridgehead atoms. The van der Waals surface area contributed by atoms with E-state index in [0.29, 0.717) is 0 Å². The molecule has 0 spiro atoms. The number of piperidine rings is 1. The molecule has 1 atom stereocenters. The number of hydrogen-bond donors (Lipinski definition) is 1. The van der Waals surface area contributed by atoms with E-state index in [1.807, 2.05) is 6.92 Å². The van der Waals surface area contributed by atoms with Gasteiger partial charge in [0, 0.05) is 30.9 Å². The van der Waals surface area contributed by atoms with Crippen molar-refractivity contribution in [1.82, 2.24) is 0 Å². The lowest BCUT2D eigenvalue weighted by atomic mass is 10.0. The first kappa shape index (κ1) is 13.1. The quantitative estimate of drug-likeness (QED) is 0.661. The van der Waals surface area contributed by atoms with Crippen molar-refractivity contribution in [2.75, 3.05) is 18.0 Å². The Hall–Kier alpha value is -1.33. The molecule has 1 aliphatic rings. The van der Waals surface area contributed by atoms with Crippen molar-refractivity contribution in [3.63, 3.8) is 0 Å². The monoisotopic (exact) mass is 269 g/mol. The van der Waals surface area contributed by atoms with Crippen molar-refractivity contribution < 1.29 is 4.92 Å². The summed E-state index contributed by atoms with van der Waals surface area (Å²) in [5.74, 6) is 0. The summed E-state index contributed by atoms with van der Waals surface area (Å²) in [5.41, 5.74) is 7.71. The van der Waals surface area contributed by atoms with Gasteiger partial charge in [-0.3, -0.25) is 10.1 Å². The van der Waals surface area contributed by atoms with Gasteiger partial charge in [-0.2, -0.15) is 0 Å². The second-order valence-electron chi connectivity index (χ2n) is 4.70. The van der Waals surface area contributed by atoms with Gasteiger partial charge in [-0.25, -0.2) is 0 Å². The van der Waals surface area contributed by atoms with E-state index >= 15 is 0 Å². The number of benzene rings is 1. The van der Waals surface area contributed by atoms with Crippen LogP contribution in [-0.2, 0) is 0 Å². The number of nitrogens with zero attached hydrogens (tertiary/aromatic N) is 2. The Kier molecular flexibility index (Phi) is 3.73. The van der Waals surface area contributed by atoms with E-state index in [0.717, 1.165) is 37.2 Å². The summed E-state index contributed by atoms with van der Waals surface area (Å²) in [6.07, 6.45) is 2.06. The first-order chi connectivity index (χ1) is 8.49. The van der Waals surface area contributed by atoms with Crippen molar-refractivity contribution in [1.29, 1.82) is 0 Å². The van der Waals surface area contributed by atoms with Gasteiger partial charge in [0.1, 0.15) is 5.02 Å². The molecule has 1 unspecified atom stereocenters. The first-order valence-electron chi connectivity index (χ1n) is 5.94. The summed E-state index contributed by atoms with van der Waals surface area (Å²) in [4.78, 5) is 12.5. The Balaban J connectivity index is 2.34. The van der Waals surface area contributed by atoms with Crippen LogP contribution in [0.4, 0.5) is 11.4 Å². The van der Waals surface area contributed by atoms with Crippen LogP contribution in [0, 0.1) is 17.0 Å². The maximum Gasteiger partial charge on any atom is 0.288 e. The van der Waals surface area contributed by atoms with Gasteiger partial charge in [-0.1, -0.05) is 11.6 Å². The molecule has 0 saturated carbocycles. The fraction of sp³-hybridized carbons (Fsp3) is 0.500. The predicted molar refractivity (Wildman–Crippen MR) is 72.3 cm³/mol. The van der Waals surface area contributed by atoms with Crippen molar-refractivity contribution in [3.05, 3.63) is 32.8 Å². The zero-order valence-electron chi connectivity index (χ0n) is 10.2. The van der Waals surface area contributed by atoms with Gasteiger partial charge < -0.3 is 10.6 Å². The molecule has 6 heteroatoms. The summed E-state index contributed by atoms with van der Waals surface area (Å²) < 4.78 is 0. The second kappa shape index (κ2) is 5.12. The molecule has 5 nitrogen and oxygen atoms in total. The van der Waals surface area contributed by atoms with Gasteiger partial charge >= 0.3 is 0 Å². The summed E-state index contributed by atoms with van der Waals surface area (Å²) in [6, 6.07) is 3.36. The highest BCUT2D eigenvalue weighted by molar-refractivity contribution is 6.33. The maximum absolute atomic E-state index is 10.8. The highest BCUT2D eigenvalue weighted by Gasteiger charge is 2.21. The Labute approximate surface area is 111 Å². The molecule has 2 rings (SSSR count). The molecule has 0 radical (unpaired) electrons. The van der Waals surface area contributed by atoms with E-state index in [4.69, 9.17) is 17.3 Å². The van der Waals surface area contributed by atoms with Gasteiger partial charge in [0.25, 0.3) is 5.69 Å². The topological polar surface area (TPSA) is 72.4 Å². The first-order valence-corrected chi connectivity index (χ1v) is 6.32. The number of aryl methyl sites for hydroxylation is 1. The van der Waals surface area contributed by atoms with E-state index in [1.54, 1.807) is 6.07 Å². The summed E-state index contributed by atoms with van der Waals surface area (Å²) in [5, 5.41) is 11.0. The van der Waals surface area contributed by atoms with Crippen LogP contribution in [0.3, 0.4) is 0 Å². The number of nitro groups is 1. The van der Waals surface area contributed by atoms with Crippen LogP contribution in [0.2, 0.25) is 5.02 Å². The van der Waals surface area contributed by atoms with Crippen LogP contribution in [-0.4, -0.2) is 24.1 Å². The minimum absolute atomic E-state index is 0.0424. The lowest BCUT2D eigenvalue weighted by molar-refractivity contribution is -0.384. The molecule has 1 fully saturated rings. The number of halogens is 1. The van der Waals surface area contributed by atoms with E-state index in [1.165, 1.54) is 6.07 Å². The van der Waals surface area contributed by atoms with Crippen molar-refractivity contribution in [3.8, 4) is 0 Å². The minimum Gasteiger partial charge on any atom is -0.370 e. The predicted octanol–water partition coefficient (Wildman–Crippen LogP) is 2.48. The average molecular weight is 270 g/mol. The molecule has 1 aromatic rings. The number of nitro benzene ring substituents is 1. The maximum atomic E-state index is 10.8. The van der Waals surface area contributed by atoms with Crippen LogP contribution in [0.25, 0.3) is 0 Å². The summed E-state index contributed by atoms with van der Waals surface area (Å²) in [6.45, 7) is 3.55. The molecular weight excluding hydrogens is 254 g/mol. The van der Waals surface area contributed by atoms with Gasteiger partial charge in [0.05, 0.1) is 4.92 Å². The molecular formula is C12H16ClN3O2. The van der Waals surface area contributed by atoms with Crippen molar-refractivity contribution >= 4 is 23.0 Å². The lowest BCUT2D eigenvalue weighted by Gasteiger charge is -2.33. The third-order valence-corrected chi connectivity index (χ3v) is 3.56. The molecule has 1 heterocycles. The van der Waals surface area contributed by atoms with Gasteiger partial charge in [-0.15, -0.1) is 0 Å². The Morgan fingerprint density at radius 1 is 1.56 bits per heavy atom. The number of anilines is 1. The minimum atomic E-state index is -0.457. The average Bonchev–Trinajstić information content (AvgIpc) is 2.31. The Bertz CT molecular complexity index is 479. The van der Waals surface area contributed by atoms with Gasteiger partial charge in [0.15, 0.2) is 0 Å². The van der Waals surface area contributed by atoms with Crippen LogP contribution in [0.5, 0.6) is 0 Å². The fourth-order valence-electron chi connectivity index (χ4n) is 2.37. The summed E-state index contributed by atoms with van der Waals surface area (Å²) >= 11 is 5.95. The highest BCUT2D eigenvalue weighted by atomic mass is 35.5. The largest absolute Gasteiger partial charge is 0.370 e. The third kappa shape index (κ3) is 2.57. The van der Waals surface area contributed by atoms with E-state index in [-0.39, 0.29) is 16.8 Å². The lowest BCUT2D eigenvalue weighted by Crippen LogP contribution is -2.43. The fourth-order valence-corrected chi connectivity index (χ4v) is 2.59. The SMILES string of the molecule is Cc1cc([N+](=O)[O-])c(Cl)cc1N1CCCC(N)C1.